The fourth-order valence-electron chi connectivity index (χ4n) is 3.13. The molecule has 2 aliphatic rings. The monoisotopic (exact) mass is 368 g/mol. The fourth-order valence-corrected chi connectivity index (χ4v) is 6.45. The Morgan fingerprint density at radius 1 is 1.43 bits per heavy atom. The van der Waals surface area contributed by atoms with Crippen LogP contribution in [0.4, 0.5) is 4.79 Å². The highest BCUT2D eigenvalue weighted by atomic mass is 32.2. The maximum absolute atomic E-state index is 12.7. The van der Waals surface area contributed by atoms with Gasteiger partial charge in [0.2, 0.25) is 0 Å². The quantitative estimate of drug-likeness (QED) is 0.782. The van der Waals surface area contributed by atoms with Crippen molar-refractivity contribution in [1.29, 1.82) is 0 Å². The number of thioether (sulfide) groups is 2. The summed E-state index contributed by atoms with van der Waals surface area (Å²) < 4.78 is 1.08. The Morgan fingerprint density at radius 2 is 2.17 bits per heavy atom. The van der Waals surface area contributed by atoms with Gasteiger partial charge in [0.15, 0.2) is 5.78 Å². The van der Waals surface area contributed by atoms with Gasteiger partial charge >= 0.3 is 6.03 Å². The van der Waals surface area contributed by atoms with Gasteiger partial charge in [-0.25, -0.2) is 4.79 Å². The number of Topliss-reactive ketones (excluding diaryl/α,β-unsaturated/α-hetero) is 1. The number of nitrogens with one attached hydrogen (secondary N) is 1. The van der Waals surface area contributed by atoms with Crippen molar-refractivity contribution < 1.29 is 9.59 Å². The highest BCUT2D eigenvalue weighted by Gasteiger charge is 2.39. The second kappa shape index (κ2) is 6.18. The number of amides is 2. The lowest BCUT2D eigenvalue weighted by Crippen LogP contribution is -2.34. The Hall–Kier alpha value is -0.920. The van der Waals surface area contributed by atoms with Crippen molar-refractivity contribution in [2.45, 2.75) is 36.3 Å². The van der Waals surface area contributed by atoms with Crippen molar-refractivity contribution in [1.82, 2.24) is 10.2 Å². The smallest absolute Gasteiger partial charge is 0.322 e. The molecule has 7 heteroatoms. The summed E-state index contributed by atoms with van der Waals surface area (Å²) >= 11 is 4.92. The number of fused-ring (bicyclic) bond motifs is 1. The Kier molecular flexibility index (Phi) is 4.55. The molecule has 0 saturated carbocycles. The summed E-state index contributed by atoms with van der Waals surface area (Å²) in [6, 6.07) is -0.120. The van der Waals surface area contributed by atoms with E-state index in [-0.39, 0.29) is 22.6 Å². The van der Waals surface area contributed by atoms with E-state index >= 15 is 0 Å². The lowest BCUT2D eigenvalue weighted by atomic mass is 9.74. The first kappa shape index (κ1) is 16.9. The lowest BCUT2D eigenvalue weighted by molar-refractivity contribution is 0.0910. The summed E-state index contributed by atoms with van der Waals surface area (Å²) in [6.07, 6.45) is 5.31. The summed E-state index contributed by atoms with van der Waals surface area (Å²) in [6.45, 7) is 4.29. The minimum absolute atomic E-state index is 0.0237. The van der Waals surface area contributed by atoms with Crippen LogP contribution < -0.4 is 5.32 Å². The molecular formula is C16H20N2O2S3. The van der Waals surface area contributed by atoms with Crippen molar-refractivity contribution in [2.24, 2.45) is 5.41 Å². The first-order chi connectivity index (χ1) is 10.9. The molecule has 1 atom stereocenters. The molecule has 0 bridgehead atoms. The molecule has 1 unspecified atom stereocenters. The van der Waals surface area contributed by atoms with Gasteiger partial charge in [0.25, 0.3) is 0 Å². The van der Waals surface area contributed by atoms with Crippen molar-refractivity contribution in [3.05, 3.63) is 27.6 Å². The van der Waals surface area contributed by atoms with E-state index in [0.717, 1.165) is 26.6 Å². The molecule has 23 heavy (non-hydrogen) atoms. The van der Waals surface area contributed by atoms with Crippen molar-refractivity contribution in [3.8, 4) is 0 Å². The molecule has 0 aromatic carbocycles. The van der Waals surface area contributed by atoms with E-state index in [1.807, 2.05) is 17.9 Å². The van der Waals surface area contributed by atoms with Crippen molar-refractivity contribution >= 4 is 46.7 Å². The van der Waals surface area contributed by atoms with E-state index in [1.165, 1.54) is 0 Å². The number of hydrogen-bond acceptors (Lipinski definition) is 5. The molecule has 4 nitrogen and oxygen atoms in total. The number of urea groups is 1. The van der Waals surface area contributed by atoms with Crippen LogP contribution in [0.5, 0.6) is 0 Å². The number of carbonyl (C=O) groups is 2. The van der Waals surface area contributed by atoms with E-state index < -0.39 is 0 Å². The molecule has 0 radical (unpaired) electrons. The van der Waals surface area contributed by atoms with Crippen LogP contribution in [-0.4, -0.2) is 30.0 Å². The first-order valence-corrected chi connectivity index (χ1v) is 10.4. The number of nitrogens with zero attached hydrogens (tertiary/aromatic N) is 1. The van der Waals surface area contributed by atoms with Crippen LogP contribution in [0.15, 0.2) is 15.8 Å². The van der Waals surface area contributed by atoms with Crippen LogP contribution in [0.3, 0.4) is 0 Å². The van der Waals surface area contributed by atoms with Crippen LogP contribution in [0, 0.1) is 5.41 Å². The van der Waals surface area contributed by atoms with Crippen LogP contribution in [0.1, 0.15) is 46.4 Å². The molecule has 0 saturated heterocycles. The summed E-state index contributed by atoms with van der Waals surface area (Å²) in [5.41, 5.74) is 2.03. The van der Waals surface area contributed by atoms with E-state index in [0.29, 0.717) is 6.42 Å². The maximum Gasteiger partial charge on any atom is 0.322 e. The first-order valence-electron chi connectivity index (χ1n) is 7.43. The number of hydrogen-bond donors (Lipinski definition) is 1. The van der Waals surface area contributed by atoms with E-state index in [4.69, 9.17) is 0 Å². The standard InChI is InChI=1S/C16H20N2O2S3/c1-16(2)7-9-11(10(19)8-16)14(21-4)23-12(9)13-18(5-6-22-13)15(20)17-3/h5-6,13H,7-8H2,1-4H3,(H,17,20). The molecule has 0 fully saturated rings. The highest BCUT2D eigenvalue weighted by molar-refractivity contribution is 8.02. The molecule has 1 aliphatic carbocycles. The molecule has 1 N–H and O–H groups in total. The Bertz CT molecular complexity index is 694. The molecule has 1 aliphatic heterocycles. The lowest BCUT2D eigenvalue weighted by Gasteiger charge is -2.31. The number of carbonyl (C=O) groups excluding carboxylic acids is 2. The average molecular weight is 369 g/mol. The topological polar surface area (TPSA) is 49.4 Å². The van der Waals surface area contributed by atoms with E-state index in [9.17, 15) is 9.59 Å². The third kappa shape index (κ3) is 2.94. The van der Waals surface area contributed by atoms with Gasteiger partial charge in [-0.15, -0.1) is 34.9 Å². The maximum atomic E-state index is 12.7. The molecule has 124 valence electrons. The fraction of sp³-hybridized carbons (Fsp3) is 0.500. The van der Waals surface area contributed by atoms with Gasteiger partial charge in [-0.05, 0) is 29.1 Å². The molecule has 1 aromatic heterocycles. The summed E-state index contributed by atoms with van der Waals surface area (Å²) in [4.78, 5) is 27.6. The second-order valence-corrected chi connectivity index (χ2v) is 9.61. The van der Waals surface area contributed by atoms with Crippen LogP contribution in [-0.2, 0) is 6.42 Å². The zero-order valence-electron chi connectivity index (χ0n) is 13.6. The third-order valence-electron chi connectivity index (χ3n) is 4.12. The second-order valence-electron chi connectivity index (χ2n) is 6.49. The van der Waals surface area contributed by atoms with Crippen LogP contribution in [0.25, 0.3) is 0 Å². The summed E-state index contributed by atoms with van der Waals surface area (Å²) in [7, 11) is 1.64. The number of thiophene rings is 1. The molecule has 2 heterocycles. The molecule has 0 spiro atoms. The predicted molar refractivity (Wildman–Crippen MR) is 98.3 cm³/mol. The van der Waals surface area contributed by atoms with E-state index in [2.05, 4.69) is 19.2 Å². The van der Waals surface area contributed by atoms with Crippen LogP contribution in [0.2, 0.25) is 0 Å². The predicted octanol–water partition coefficient (Wildman–Crippen LogP) is 4.48. The number of rotatable bonds is 2. The average Bonchev–Trinajstić information content (AvgIpc) is 3.08. The van der Waals surface area contributed by atoms with Gasteiger partial charge in [-0.1, -0.05) is 13.8 Å². The van der Waals surface area contributed by atoms with E-state index in [1.54, 1.807) is 46.8 Å². The summed E-state index contributed by atoms with van der Waals surface area (Å²) in [5.74, 6) is 0.241. The minimum atomic E-state index is -0.120. The van der Waals surface area contributed by atoms with Gasteiger partial charge in [-0.3, -0.25) is 9.69 Å². The Labute approximate surface area is 149 Å². The Morgan fingerprint density at radius 3 is 2.83 bits per heavy atom. The Balaban J connectivity index is 2.08. The largest absolute Gasteiger partial charge is 0.341 e. The van der Waals surface area contributed by atoms with Gasteiger partial charge in [0.1, 0.15) is 5.37 Å². The van der Waals surface area contributed by atoms with Crippen LogP contribution >= 0.6 is 34.9 Å². The van der Waals surface area contributed by atoms with Gasteiger partial charge in [0, 0.05) is 30.1 Å². The SMILES string of the molecule is CNC(=O)N1C=CSC1c1sc(SC)c2c1CC(C)(C)CC2=O. The normalized spacial score (nSPS) is 22.3. The molecular weight excluding hydrogens is 348 g/mol. The minimum Gasteiger partial charge on any atom is -0.341 e. The highest BCUT2D eigenvalue weighted by Crippen LogP contribution is 2.51. The number of ketones is 1. The molecule has 2 amide bonds. The summed E-state index contributed by atoms with van der Waals surface area (Å²) in [5, 5.41) is 4.56. The zero-order valence-corrected chi connectivity index (χ0v) is 16.1. The third-order valence-corrected chi connectivity index (χ3v) is 7.67. The van der Waals surface area contributed by atoms with Crippen molar-refractivity contribution in [2.75, 3.05) is 13.3 Å². The zero-order chi connectivity index (χ0) is 16.8. The van der Waals surface area contributed by atoms with Gasteiger partial charge in [-0.2, -0.15) is 0 Å². The molecule has 3 rings (SSSR count). The van der Waals surface area contributed by atoms with Gasteiger partial charge < -0.3 is 5.32 Å². The van der Waals surface area contributed by atoms with Crippen molar-refractivity contribution in [3.63, 3.8) is 0 Å². The van der Waals surface area contributed by atoms with Gasteiger partial charge in [0.05, 0.1) is 4.21 Å². The molecule has 1 aromatic rings.